The second-order valence-electron chi connectivity index (χ2n) is 5.72. The van der Waals surface area contributed by atoms with Gasteiger partial charge in [0.1, 0.15) is 0 Å². The number of rotatable bonds is 1. The van der Waals surface area contributed by atoms with Crippen molar-refractivity contribution in [1.29, 1.82) is 0 Å². The van der Waals surface area contributed by atoms with Crippen LogP contribution in [-0.4, -0.2) is 15.3 Å². The summed E-state index contributed by atoms with van der Waals surface area (Å²) in [6.45, 7) is 1.02. The standard InChI is InChI=1S/C15H18ClN3S/c16-13-8-17-15-12(13)7-6-10-9-19(20-18-14(10)15)11-4-2-1-3-5-11/h6-8,11,17-18H,1-5,9H2. The van der Waals surface area contributed by atoms with E-state index in [2.05, 4.69) is 26.1 Å². The van der Waals surface area contributed by atoms with Gasteiger partial charge in [-0.05, 0) is 18.4 Å². The molecule has 0 radical (unpaired) electrons. The maximum atomic E-state index is 6.19. The summed E-state index contributed by atoms with van der Waals surface area (Å²) in [5.74, 6) is 0. The number of hydrogen-bond donors (Lipinski definition) is 2. The van der Waals surface area contributed by atoms with E-state index in [9.17, 15) is 0 Å². The van der Waals surface area contributed by atoms with Gasteiger partial charge in [-0.15, -0.1) is 0 Å². The Hall–Kier alpha value is -0.840. The van der Waals surface area contributed by atoms with E-state index in [1.165, 1.54) is 43.4 Å². The molecular weight excluding hydrogens is 290 g/mol. The minimum atomic E-state index is 0.720. The molecule has 1 aliphatic carbocycles. The summed E-state index contributed by atoms with van der Waals surface area (Å²) < 4.78 is 6.03. The van der Waals surface area contributed by atoms with Crippen LogP contribution in [0.3, 0.4) is 0 Å². The Morgan fingerprint density at radius 3 is 2.90 bits per heavy atom. The second-order valence-corrected chi connectivity index (χ2v) is 6.98. The fourth-order valence-corrected chi connectivity index (χ4v) is 4.55. The molecule has 2 heterocycles. The van der Waals surface area contributed by atoms with E-state index in [0.29, 0.717) is 0 Å². The van der Waals surface area contributed by atoms with Crippen LogP contribution in [0.15, 0.2) is 18.3 Å². The van der Waals surface area contributed by atoms with Crippen LogP contribution in [0.1, 0.15) is 37.7 Å². The van der Waals surface area contributed by atoms with Crippen molar-refractivity contribution in [1.82, 2.24) is 9.29 Å². The molecule has 0 atom stereocenters. The molecule has 0 spiro atoms. The van der Waals surface area contributed by atoms with Crippen molar-refractivity contribution >= 4 is 40.3 Å². The van der Waals surface area contributed by atoms with Gasteiger partial charge in [-0.1, -0.05) is 43.0 Å². The lowest BCUT2D eigenvalue weighted by Gasteiger charge is -2.36. The first-order valence-corrected chi connectivity index (χ1v) is 8.46. The van der Waals surface area contributed by atoms with E-state index in [4.69, 9.17) is 11.6 Å². The summed E-state index contributed by atoms with van der Waals surface area (Å²) in [4.78, 5) is 3.28. The van der Waals surface area contributed by atoms with Crippen molar-refractivity contribution in [3.8, 4) is 0 Å². The van der Waals surface area contributed by atoms with Crippen molar-refractivity contribution in [2.45, 2.75) is 44.7 Å². The molecule has 4 rings (SSSR count). The van der Waals surface area contributed by atoms with Crippen LogP contribution in [0, 0.1) is 0 Å². The van der Waals surface area contributed by atoms with E-state index >= 15 is 0 Å². The van der Waals surface area contributed by atoms with Crippen molar-refractivity contribution in [3.05, 3.63) is 28.9 Å². The molecule has 1 aromatic carbocycles. The Morgan fingerprint density at radius 1 is 1.20 bits per heavy atom. The molecule has 1 fully saturated rings. The molecule has 5 heteroatoms. The van der Waals surface area contributed by atoms with Gasteiger partial charge in [0.25, 0.3) is 0 Å². The van der Waals surface area contributed by atoms with Gasteiger partial charge in [0.15, 0.2) is 0 Å². The van der Waals surface area contributed by atoms with Crippen molar-refractivity contribution in [2.24, 2.45) is 0 Å². The smallest absolute Gasteiger partial charge is 0.0741 e. The van der Waals surface area contributed by atoms with Crippen LogP contribution >= 0.6 is 23.7 Å². The Kier molecular flexibility index (Phi) is 3.33. The normalized spacial score (nSPS) is 20.9. The van der Waals surface area contributed by atoms with Crippen LogP contribution in [0.25, 0.3) is 10.9 Å². The van der Waals surface area contributed by atoms with Gasteiger partial charge in [-0.25, -0.2) is 4.31 Å². The fourth-order valence-electron chi connectivity index (χ4n) is 3.33. The highest BCUT2D eigenvalue weighted by Crippen LogP contribution is 2.40. The van der Waals surface area contributed by atoms with Gasteiger partial charge < -0.3 is 9.71 Å². The van der Waals surface area contributed by atoms with Crippen molar-refractivity contribution < 1.29 is 0 Å². The Balaban J connectivity index is 1.64. The molecule has 106 valence electrons. The number of fused-ring (bicyclic) bond motifs is 3. The highest BCUT2D eigenvalue weighted by molar-refractivity contribution is 7.98. The SMILES string of the molecule is Clc1c[nH]c2c3c(ccc12)CN(C1CCCCC1)SN3. The van der Waals surface area contributed by atoms with Gasteiger partial charge in [0, 0.05) is 36.3 Å². The molecule has 2 aliphatic rings. The van der Waals surface area contributed by atoms with E-state index in [-0.39, 0.29) is 0 Å². The molecule has 1 aromatic heterocycles. The van der Waals surface area contributed by atoms with E-state index in [1.807, 2.05) is 6.20 Å². The van der Waals surface area contributed by atoms with Crippen LogP contribution in [-0.2, 0) is 6.54 Å². The van der Waals surface area contributed by atoms with Gasteiger partial charge >= 0.3 is 0 Å². The molecular formula is C15H18ClN3S. The summed E-state index contributed by atoms with van der Waals surface area (Å²) in [7, 11) is 0. The minimum absolute atomic E-state index is 0.720. The average Bonchev–Trinajstić information content (AvgIpc) is 2.89. The van der Waals surface area contributed by atoms with E-state index in [1.54, 1.807) is 12.1 Å². The van der Waals surface area contributed by atoms with Crippen LogP contribution in [0.2, 0.25) is 5.02 Å². The zero-order valence-corrected chi connectivity index (χ0v) is 12.9. The predicted octanol–water partition coefficient (Wildman–Crippen LogP) is 4.94. The van der Waals surface area contributed by atoms with Crippen molar-refractivity contribution in [3.63, 3.8) is 0 Å². The lowest BCUT2D eigenvalue weighted by molar-refractivity contribution is 0.267. The number of nitrogens with one attached hydrogen (secondary N) is 2. The number of benzene rings is 1. The van der Waals surface area contributed by atoms with Gasteiger partial charge in [0.05, 0.1) is 16.2 Å². The quantitative estimate of drug-likeness (QED) is 0.731. The highest BCUT2D eigenvalue weighted by atomic mass is 35.5. The number of aromatic amines is 1. The first-order valence-electron chi connectivity index (χ1n) is 7.31. The number of aromatic nitrogens is 1. The van der Waals surface area contributed by atoms with Gasteiger partial charge in [-0.2, -0.15) is 0 Å². The lowest BCUT2D eigenvalue weighted by Crippen LogP contribution is -2.34. The average molecular weight is 308 g/mol. The topological polar surface area (TPSA) is 31.1 Å². The lowest BCUT2D eigenvalue weighted by atomic mass is 9.95. The third-order valence-corrected chi connectivity index (χ3v) is 5.74. The maximum absolute atomic E-state index is 6.19. The number of H-pyrrole nitrogens is 1. The van der Waals surface area contributed by atoms with Crippen LogP contribution < -0.4 is 4.72 Å². The fraction of sp³-hybridized carbons (Fsp3) is 0.467. The predicted molar refractivity (Wildman–Crippen MR) is 86.9 cm³/mol. The minimum Gasteiger partial charge on any atom is -0.358 e. The molecule has 2 aromatic rings. The van der Waals surface area contributed by atoms with E-state index in [0.717, 1.165) is 28.5 Å². The van der Waals surface area contributed by atoms with E-state index < -0.39 is 0 Å². The highest BCUT2D eigenvalue weighted by Gasteiger charge is 2.27. The maximum Gasteiger partial charge on any atom is 0.0741 e. The van der Waals surface area contributed by atoms with Gasteiger partial charge in [0.2, 0.25) is 0 Å². The number of anilines is 1. The summed E-state index contributed by atoms with van der Waals surface area (Å²) in [6, 6.07) is 5.06. The molecule has 0 bridgehead atoms. The molecule has 20 heavy (non-hydrogen) atoms. The number of hydrogen-bond acceptors (Lipinski definition) is 3. The number of halogens is 1. The molecule has 0 saturated heterocycles. The Bertz CT molecular complexity index is 633. The van der Waals surface area contributed by atoms with Crippen molar-refractivity contribution in [2.75, 3.05) is 4.72 Å². The third kappa shape index (κ3) is 2.10. The zero-order valence-electron chi connectivity index (χ0n) is 11.3. The van der Waals surface area contributed by atoms with Gasteiger partial charge in [-0.3, -0.25) is 0 Å². The first-order chi connectivity index (χ1) is 9.83. The molecule has 0 amide bonds. The second kappa shape index (κ2) is 5.17. The summed E-state index contributed by atoms with van der Waals surface area (Å²) in [5.41, 5.74) is 3.69. The van der Waals surface area contributed by atoms with Crippen LogP contribution in [0.5, 0.6) is 0 Å². The largest absolute Gasteiger partial charge is 0.358 e. The third-order valence-electron chi connectivity index (χ3n) is 4.47. The Labute approximate surface area is 128 Å². The first kappa shape index (κ1) is 12.9. The molecule has 1 aliphatic heterocycles. The zero-order chi connectivity index (χ0) is 13.5. The molecule has 0 unspecified atom stereocenters. The molecule has 3 nitrogen and oxygen atoms in total. The summed E-state index contributed by atoms with van der Waals surface area (Å²) in [5, 5.41) is 1.90. The molecule has 1 saturated carbocycles. The van der Waals surface area contributed by atoms with Crippen LogP contribution in [0.4, 0.5) is 5.69 Å². The monoisotopic (exact) mass is 307 g/mol. The summed E-state index contributed by atoms with van der Waals surface area (Å²) in [6.07, 6.45) is 8.69. The summed E-state index contributed by atoms with van der Waals surface area (Å²) >= 11 is 7.95. The Morgan fingerprint density at radius 2 is 2.05 bits per heavy atom. The number of nitrogens with zero attached hydrogens (tertiary/aromatic N) is 1. The molecule has 2 N–H and O–H groups in total.